The number of rotatable bonds is 11. The van der Waals surface area contributed by atoms with Crippen molar-refractivity contribution in [3.05, 3.63) is 42.5 Å². The van der Waals surface area contributed by atoms with E-state index in [1.165, 1.54) is 17.8 Å². The van der Waals surface area contributed by atoms with E-state index in [1.807, 2.05) is 6.07 Å². The highest BCUT2D eigenvalue weighted by Gasteiger charge is 2.55. The highest BCUT2D eigenvalue weighted by Crippen LogP contribution is 2.48. The van der Waals surface area contributed by atoms with Crippen LogP contribution in [0.15, 0.2) is 36.7 Å². The minimum absolute atomic E-state index is 0.190. The van der Waals surface area contributed by atoms with Gasteiger partial charge in [0.2, 0.25) is 0 Å². The Kier molecular flexibility index (Phi) is 8.84. The lowest BCUT2D eigenvalue weighted by Crippen LogP contribution is -2.41. The Hall–Kier alpha value is -2.74. The van der Waals surface area contributed by atoms with E-state index in [9.17, 15) is 9.90 Å². The fraction of sp³-hybridized carbons (Fsp3) is 0.500. The number of aromatic nitrogens is 4. The van der Waals surface area contributed by atoms with Crippen molar-refractivity contribution < 1.29 is 32.8 Å². The van der Waals surface area contributed by atoms with Crippen LogP contribution in [0.25, 0.3) is 11.2 Å². The van der Waals surface area contributed by atoms with Crippen LogP contribution >= 0.6 is 6.64 Å². The molecule has 0 bridgehead atoms. The maximum atomic E-state index is 16.0. The molecule has 15 heteroatoms. The van der Waals surface area contributed by atoms with Gasteiger partial charge in [-0.15, -0.1) is 0 Å². The summed E-state index contributed by atoms with van der Waals surface area (Å²) in [6.07, 6.45) is -2.60. The topological polar surface area (TPSA) is 142 Å². The van der Waals surface area contributed by atoms with Crippen molar-refractivity contribution in [2.45, 2.75) is 57.8 Å². The quantitative estimate of drug-likeness (QED) is 0.226. The number of benzene rings is 1. The third-order valence-corrected chi connectivity index (χ3v) is 8.61. The second-order valence-electron chi connectivity index (χ2n) is 9.12. The number of hydrogen-bond donors (Lipinski definition) is 3. The molecular formula is C24H32FN6O6PS. The van der Waals surface area contributed by atoms with Crippen molar-refractivity contribution in [3.8, 4) is 5.75 Å². The second-order valence-corrected chi connectivity index (χ2v) is 12.3. The molecule has 0 saturated carbocycles. The van der Waals surface area contributed by atoms with Crippen LogP contribution in [-0.2, 0) is 30.6 Å². The van der Waals surface area contributed by atoms with Crippen LogP contribution in [0.3, 0.4) is 0 Å². The van der Waals surface area contributed by atoms with Gasteiger partial charge in [-0.2, -0.15) is 0 Å². The van der Waals surface area contributed by atoms with Crippen LogP contribution in [0.5, 0.6) is 5.75 Å². The van der Waals surface area contributed by atoms with Crippen LogP contribution in [0.1, 0.15) is 32.8 Å². The molecule has 39 heavy (non-hydrogen) atoms. The van der Waals surface area contributed by atoms with Crippen molar-refractivity contribution in [1.29, 1.82) is 0 Å². The molecule has 0 unspecified atom stereocenters. The summed E-state index contributed by atoms with van der Waals surface area (Å²) in [6, 6.07) is 7.84. The van der Waals surface area contributed by atoms with Gasteiger partial charge in [-0.3, -0.25) is 9.36 Å². The normalized spacial score (nSPS) is 25.3. The van der Waals surface area contributed by atoms with Gasteiger partial charge in [0.05, 0.1) is 19.5 Å². The van der Waals surface area contributed by atoms with Crippen LogP contribution in [0.4, 0.5) is 10.2 Å². The highest BCUT2D eigenvalue weighted by molar-refractivity contribution is 8.09. The summed E-state index contributed by atoms with van der Waals surface area (Å²) in [5, 5.41) is 16.8. The summed E-state index contributed by atoms with van der Waals surface area (Å²) >= 11 is 5.69. The van der Waals surface area contributed by atoms with Gasteiger partial charge in [-0.05, 0) is 51.6 Å². The number of ether oxygens (including phenoxy) is 2. The van der Waals surface area contributed by atoms with E-state index in [1.54, 1.807) is 52.1 Å². The number of aliphatic hydroxyl groups is 1. The van der Waals surface area contributed by atoms with Gasteiger partial charge in [0.25, 0.3) is 0 Å². The lowest BCUT2D eigenvalue weighted by Gasteiger charge is -2.28. The van der Waals surface area contributed by atoms with E-state index in [2.05, 4.69) is 25.4 Å². The number of aliphatic hydroxyl groups excluding tert-OH is 1. The number of fused-ring (bicyclic) bond motifs is 1. The molecule has 0 amide bonds. The van der Waals surface area contributed by atoms with E-state index >= 15 is 4.39 Å². The molecule has 3 aromatic rings. The lowest BCUT2D eigenvalue weighted by molar-refractivity contribution is -0.144. The van der Waals surface area contributed by atoms with Crippen molar-refractivity contribution >= 4 is 41.4 Å². The van der Waals surface area contributed by atoms with Gasteiger partial charge in [0.1, 0.15) is 29.8 Å². The summed E-state index contributed by atoms with van der Waals surface area (Å²) < 4.78 is 40.4. The first kappa shape index (κ1) is 29.2. The van der Waals surface area contributed by atoms with Gasteiger partial charge < -0.3 is 28.9 Å². The summed E-state index contributed by atoms with van der Waals surface area (Å²) in [6.45, 7) is 2.65. The average Bonchev–Trinajstić information content (AvgIpc) is 3.40. The number of anilines is 1. The van der Waals surface area contributed by atoms with Gasteiger partial charge in [0, 0.05) is 7.05 Å². The third kappa shape index (κ3) is 6.21. The molecule has 0 spiro atoms. The first-order valence-electron chi connectivity index (χ1n) is 12.3. The summed E-state index contributed by atoms with van der Waals surface area (Å²) in [5.74, 6) is 0.806. The Morgan fingerprint density at radius 1 is 1.36 bits per heavy atom. The molecule has 1 fully saturated rings. The maximum Gasteiger partial charge on any atom is 0.323 e. The van der Waals surface area contributed by atoms with Crippen molar-refractivity contribution in [3.63, 3.8) is 0 Å². The number of para-hydroxylation sites is 1. The van der Waals surface area contributed by atoms with Crippen LogP contribution in [-0.4, -0.2) is 74.8 Å². The second kappa shape index (κ2) is 11.8. The Morgan fingerprint density at radius 2 is 2.08 bits per heavy atom. The molecule has 3 heterocycles. The molecule has 212 valence electrons. The molecule has 3 N–H and O–H groups in total. The molecule has 1 aliphatic rings. The van der Waals surface area contributed by atoms with E-state index < -0.39 is 42.8 Å². The standard InChI is InChI=1S/C24H32FN6O6PS/c1-6-34-22(33)14(2)30-38(39,37-16-10-8-7-9-11-16)35-12-17-19(32)24(4,25)23(36-17)31-13-27-18-20(26-5)28-15(3)29-21(18)31/h7-11,13-14,17,19,23,32H,6,12H2,1-5H3,(H,30,39)(H,26,28,29)/t14-,17+,19+,23+,24+,38-/m0/s1. The molecule has 1 saturated heterocycles. The minimum atomic E-state index is -3.41. The van der Waals surface area contributed by atoms with Gasteiger partial charge in [-0.1, -0.05) is 18.2 Å². The number of halogens is 1. The first-order chi connectivity index (χ1) is 18.5. The molecule has 1 aliphatic heterocycles. The molecule has 1 aromatic carbocycles. The Balaban J connectivity index is 1.57. The van der Waals surface area contributed by atoms with Gasteiger partial charge in [-0.25, -0.2) is 24.4 Å². The fourth-order valence-corrected chi connectivity index (χ4v) is 6.58. The molecule has 0 aliphatic carbocycles. The molecule has 4 rings (SSSR count). The van der Waals surface area contributed by atoms with E-state index in [0.717, 1.165) is 0 Å². The maximum absolute atomic E-state index is 16.0. The van der Waals surface area contributed by atoms with E-state index in [-0.39, 0.29) is 13.2 Å². The lowest BCUT2D eigenvalue weighted by atomic mass is 9.98. The summed E-state index contributed by atoms with van der Waals surface area (Å²) in [7, 11) is 1.70. The van der Waals surface area contributed by atoms with Crippen molar-refractivity contribution in [2.75, 3.05) is 25.6 Å². The predicted octanol–water partition coefficient (Wildman–Crippen LogP) is 3.02. The number of hydrogen-bond acceptors (Lipinski definition) is 11. The molecule has 2 aromatic heterocycles. The van der Waals surface area contributed by atoms with Gasteiger partial charge >= 0.3 is 12.6 Å². The third-order valence-electron chi connectivity index (χ3n) is 6.11. The Labute approximate surface area is 230 Å². The van der Waals surface area contributed by atoms with Crippen LogP contribution in [0, 0.1) is 6.92 Å². The zero-order valence-electron chi connectivity index (χ0n) is 22.2. The Bertz CT molecular complexity index is 1360. The number of aryl methyl sites for hydroxylation is 1. The highest BCUT2D eigenvalue weighted by atomic mass is 32.5. The molecule has 12 nitrogen and oxygen atoms in total. The van der Waals surface area contributed by atoms with Crippen LogP contribution < -0.4 is 14.9 Å². The minimum Gasteiger partial charge on any atom is -0.465 e. The van der Waals surface area contributed by atoms with E-state index in [4.69, 9.17) is 30.3 Å². The predicted molar refractivity (Wildman–Crippen MR) is 146 cm³/mol. The Morgan fingerprint density at radius 3 is 2.74 bits per heavy atom. The van der Waals surface area contributed by atoms with Crippen molar-refractivity contribution in [2.24, 2.45) is 0 Å². The number of alkyl halides is 1. The smallest absolute Gasteiger partial charge is 0.323 e. The zero-order valence-corrected chi connectivity index (χ0v) is 23.9. The number of carbonyl (C=O) groups is 1. The molecule has 6 atom stereocenters. The number of nitrogens with zero attached hydrogens (tertiary/aromatic N) is 4. The first-order valence-corrected chi connectivity index (χ1v) is 15.0. The summed E-state index contributed by atoms with van der Waals surface area (Å²) in [5.41, 5.74) is -1.47. The number of imidazole rings is 1. The molecule has 0 radical (unpaired) electrons. The summed E-state index contributed by atoms with van der Waals surface area (Å²) in [4.78, 5) is 25.3. The van der Waals surface area contributed by atoms with E-state index in [0.29, 0.717) is 28.6 Å². The fourth-order valence-electron chi connectivity index (χ4n) is 4.16. The number of nitrogens with one attached hydrogen (secondary N) is 2. The average molecular weight is 583 g/mol. The number of carbonyl (C=O) groups excluding carboxylic acids is 1. The van der Waals surface area contributed by atoms with Gasteiger partial charge in [0.15, 0.2) is 28.9 Å². The SMILES string of the molecule is CCOC(=O)[C@H](C)N[P@](=S)(OC[C@H]1O[C@@H](n2cnc3c(NC)nc(C)nc32)[C@](C)(F)[C@@H]1O)Oc1ccccc1. The zero-order chi connectivity index (χ0) is 28.4. The molecular weight excluding hydrogens is 550 g/mol. The van der Waals surface area contributed by atoms with Crippen LogP contribution in [0.2, 0.25) is 0 Å². The van der Waals surface area contributed by atoms with Crippen molar-refractivity contribution in [1.82, 2.24) is 24.6 Å². The largest absolute Gasteiger partial charge is 0.465 e. The number of esters is 1. The monoisotopic (exact) mass is 582 g/mol.